The maximum atomic E-state index is 10.4. The Labute approximate surface area is 92.3 Å². The molecule has 74 valence electrons. The third-order valence-electron chi connectivity index (χ3n) is 1.78. The second-order valence-corrected chi connectivity index (χ2v) is 4.80. The molecule has 0 aliphatic carbocycles. The molecule has 0 unspecified atom stereocenters. The fourth-order valence-corrected chi connectivity index (χ4v) is 2.45. The van der Waals surface area contributed by atoms with Crippen LogP contribution in [-0.4, -0.2) is 21.0 Å². The summed E-state index contributed by atoms with van der Waals surface area (Å²) in [6.07, 6.45) is 1.40. The Kier molecular flexibility index (Phi) is 2.51. The van der Waals surface area contributed by atoms with Crippen molar-refractivity contribution in [2.45, 2.75) is 13.3 Å². The number of nitrogens with zero attached hydrogens (tertiary/aromatic N) is 3. The molecule has 2 aromatic heterocycles. The van der Waals surface area contributed by atoms with E-state index < -0.39 is 0 Å². The van der Waals surface area contributed by atoms with Gasteiger partial charge in [-0.15, -0.1) is 5.10 Å². The number of halogens is 1. The number of imidazole rings is 1. The maximum absolute atomic E-state index is 10.4. The highest BCUT2D eigenvalue weighted by atomic mass is 79.9. The lowest BCUT2D eigenvalue weighted by Crippen LogP contribution is -2.01. The van der Waals surface area contributed by atoms with Crippen molar-refractivity contribution in [1.82, 2.24) is 14.6 Å². The lowest BCUT2D eigenvalue weighted by Gasteiger charge is -1.96. The van der Waals surface area contributed by atoms with Crippen molar-refractivity contribution in [3.8, 4) is 0 Å². The van der Waals surface area contributed by atoms with Gasteiger partial charge in [-0.3, -0.25) is 4.79 Å². The first-order chi connectivity index (χ1) is 6.76. The third-order valence-corrected chi connectivity index (χ3v) is 3.12. The van der Waals surface area contributed by atoms with E-state index in [1.165, 1.54) is 11.3 Å². The Morgan fingerprint density at radius 3 is 3.14 bits per heavy atom. The van der Waals surface area contributed by atoms with Gasteiger partial charge in [-0.2, -0.15) is 4.52 Å². The van der Waals surface area contributed by atoms with E-state index >= 15 is 0 Å². The van der Waals surface area contributed by atoms with Crippen LogP contribution in [0.3, 0.4) is 0 Å². The Morgan fingerprint density at radius 1 is 1.71 bits per heavy atom. The molecule has 0 aliphatic heterocycles. The first kappa shape index (κ1) is 9.60. The summed E-state index contributed by atoms with van der Waals surface area (Å²) < 4.78 is 2.37. The lowest BCUT2D eigenvalue weighted by atomic mass is 10.3. The van der Waals surface area contributed by atoms with Crippen molar-refractivity contribution in [1.29, 1.82) is 0 Å². The molecule has 2 heterocycles. The standard InChI is InChI=1S/C7H7BrN4OS/c1-2-4-5(9-3-13)12-7(10-4)14-6(8)11-12/h3H,2H2,1H3,(H,9,13). The van der Waals surface area contributed by atoms with Crippen molar-refractivity contribution < 1.29 is 4.79 Å². The predicted molar refractivity (Wildman–Crippen MR) is 57.6 cm³/mol. The minimum absolute atomic E-state index is 0.635. The zero-order chi connectivity index (χ0) is 10.1. The van der Waals surface area contributed by atoms with Gasteiger partial charge >= 0.3 is 0 Å². The molecule has 2 rings (SSSR count). The average molecular weight is 275 g/mol. The van der Waals surface area contributed by atoms with Crippen LogP contribution in [0, 0.1) is 0 Å². The molecule has 0 aliphatic rings. The minimum Gasteiger partial charge on any atom is -0.312 e. The first-order valence-corrected chi connectivity index (χ1v) is 5.61. The Morgan fingerprint density at radius 2 is 2.50 bits per heavy atom. The van der Waals surface area contributed by atoms with Crippen LogP contribution < -0.4 is 5.32 Å². The molecule has 1 N–H and O–H groups in total. The van der Waals surface area contributed by atoms with Crippen molar-refractivity contribution in [3.63, 3.8) is 0 Å². The summed E-state index contributed by atoms with van der Waals surface area (Å²) in [7, 11) is 0. The van der Waals surface area contributed by atoms with E-state index in [0.717, 1.165) is 21.0 Å². The fourth-order valence-electron chi connectivity index (χ4n) is 1.21. The quantitative estimate of drug-likeness (QED) is 0.867. The number of amides is 1. The molecule has 0 atom stereocenters. The van der Waals surface area contributed by atoms with Gasteiger partial charge in [-0.1, -0.05) is 18.3 Å². The summed E-state index contributed by atoms with van der Waals surface area (Å²) in [6, 6.07) is 0. The molecule has 7 heteroatoms. The predicted octanol–water partition coefficient (Wildman–Crippen LogP) is 1.68. The highest BCUT2D eigenvalue weighted by Crippen LogP contribution is 2.25. The van der Waals surface area contributed by atoms with E-state index in [2.05, 4.69) is 31.3 Å². The smallest absolute Gasteiger partial charge is 0.215 e. The number of hydrogen-bond acceptors (Lipinski definition) is 4. The first-order valence-electron chi connectivity index (χ1n) is 4.00. The van der Waals surface area contributed by atoms with Gasteiger partial charge in [-0.25, -0.2) is 4.98 Å². The summed E-state index contributed by atoms with van der Waals surface area (Å²) in [6.45, 7) is 1.98. The molecular formula is C7H7BrN4OS. The Bertz CT molecular complexity index is 477. The molecule has 5 nitrogen and oxygen atoms in total. The zero-order valence-corrected chi connectivity index (χ0v) is 9.72. The number of carbonyl (C=O) groups is 1. The van der Waals surface area contributed by atoms with Gasteiger partial charge in [0.1, 0.15) is 0 Å². The van der Waals surface area contributed by atoms with Crippen molar-refractivity contribution in [3.05, 3.63) is 9.61 Å². The van der Waals surface area contributed by atoms with Gasteiger partial charge in [0.25, 0.3) is 0 Å². The number of hydrogen-bond donors (Lipinski definition) is 1. The molecule has 0 fully saturated rings. The fraction of sp³-hybridized carbons (Fsp3) is 0.286. The second-order valence-electron chi connectivity index (χ2n) is 2.57. The van der Waals surface area contributed by atoms with E-state index in [9.17, 15) is 4.79 Å². The number of aromatic nitrogens is 3. The number of aryl methyl sites for hydroxylation is 1. The molecule has 0 radical (unpaired) electrons. The normalized spacial score (nSPS) is 10.7. The third kappa shape index (κ3) is 1.42. The van der Waals surface area contributed by atoms with Crippen LogP contribution in [0.5, 0.6) is 0 Å². The molecule has 0 saturated carbocycles. The van der Waals surface area contributed by atoms with Gasteiger partial charge in [0.2, 0.25) is 11.4 Å². The van der Waals surface area contributed by atoms with Crippen LogP contribution >= 0.6 is 27.3 Å². The molecule has 2 aromatic rings. The topological polar surface area (TPSA) is 59.3 Å². The summed E-state index contributed by atoms with van der Waals surface area (Å²) >= 11 is 4.70. The van der Waals surface area contributed by atoms with E-state index in [0.29, 0.717) is 12.2 Å². The van der Waals surface area contributed by atoms with Gasteiger partial charge in [0.15, 0.2) is 9.73 Å². The number of fused-ring (bicyclic) bond motifs is 1. The number of nitrogens with one attached hydrogen (secondary N) is 1. The molecule has 0 spiro atoms. The van der Waals surface area contributed by atoms with Crippen molar-refractivity contribution in [2.75, 3.05) is 5.32 Å². The highest BCUT2D eigenvalue weighted by Gasteiger charge is 2.13. The second kappa shape index (κ2) is 3.66. The Hall–Kier alpha value is -0.950. The molecule has 14 heavy (non-hydrogen) atoms. The van der Waals surface area contributed by atoms with Gasteiger partial charge in [0.05, 0.1) is 5.69 Å². The number of rotatable bonds is 3. The van der Waals surface area contributed by atoms with Crippen LogP contribution in [0.4, 0.5) is 5.82 Å². The van der Waals surface area contributed by atoms with E-state index in [1.807, 2.05) is 6.92 Å². The zero-order valence-electron chi connectivity index (χ0n) is 7.32. The van der Waals surface area contributed by atoms with E-state index in [-0.39, 0.29) is 0 Å². The largest absolute Gasteiger partial charge is 0.312 e. The highest BCUT2D eigenvalue weighted by molar-refractivity contribution is 9.11. The van der Waals surface area contributed by atoms with Crippen LogP contribution in [-0.2, 0) is 11.2 Å². The monoisotopic (exact) mass is 274 g/mol. The molecular weight excluding hydrogens is 268 g/mol. The summed E-state index contributed by atoms with van der Waals surface area (Å²) in [4.78, 5) is 15.5. The van der Waals surface area contributed by atoms with Crippen LogP contribution in [0.1, 0.15) is 12.6 Å². The van der Waals surface area contributed by atoms with Gasteiger partial charge in [-0.05, 0) is 22.4 Å². The van der Waals surface area contributed by atoms with Crippen LogP contribution in [0.25, 0.3) is 4.96 Å². The van der Waals surface area contributed by atoms with Gasteiger partial charge in [0, 0.05) is 0 Å². The van der Waals surface area contributed by atoms with Crippen LogP contribution in [0.15, 0.2) is 3.92 Å². The molecule has 0 bridgehead atoms. The molecule has 1 amide bonds. The molecule has 0 aromatic carbocycles. The minimum atomic E-state index is 0.635. The van der Waals surface area contributed by atoms with Crippen molar-refractivity contribution in [2.24, 2.45) is 0 Å². The van der Waals surface area contributed by atoms with Crippen LogP contribution in [0.2, 0.25) is 0 Å². The lowest BCUT2D eigenvalue weighted by molar-refractivity contribution is -0.105. The van der Waals surface area contributed by atoms with Gasteiger partial charge < -0.3 is 5.32 Å². The molecule has 0 saturated heterocycles. The Balaban J connectivity index is 2.64. The number of carbonyl (C=O) groups excluding carboxylic acids is 1. The SMILES string of the molecule is CCc1nc2sc(Br)nn2c1NC=O. The van der Waals surface area contributed by atoms with E-state index in [4.69, 9.17) is 0 Å². The summed E-state index contributed by atoms with van der Waals surface area (Å²) in [5, 5.41) is 6.77. The van der Waals surface area contributed by atoms with E-state index in [1.54, 1.807) is 4.52 Å². The maximum Gasteiger partial charge on any atom is 0.215 e. The average Bonchev–Trinajstić information content (AvgIpc) is 2.64. The number of anilines is 1. The van der Waals surface area contributed by atoms with Crippen molar-refractivity contribution >= 4 is 44.5 Å². The summed E-state index contributed by atoms with van der Waals surface area (Å²) in [5.74, 6) is 0.652. The summed E-state index contributed by atoms with van der Waals surface area (Å²) in [5.41, 5.74) is 0.850.